The molecule has 0 aliphatic carbocycles. The van der Waals surface area contributed by atoms with Crippen molar-refractivity contribution in [3.8, 4) is 0 Å². The Bertz CT molecular complexity index is 611. The van der Waals surface area contributed by atoms with Gasteiger partial charge in [0.1, 0.15) is 5.82 Å². The highest BCUT2D eigenvalue weighted by molar-refractivity contribution is 5.89. The summed E-state index contributed by atoms with van der Waals surface area (Å²) in [5.74, 6) is -1.07. The Hall–Kier alpha value is -1.83. The molecule has 140 valence electrons. The smallest absolute Gasteiger partial charge is 0.390 e. The van der Waals surface area contributed by atoms with E-state index in [0.29, 0.717) is 44.5 Å². The van der Waals surface area contributed by atoms with E-state index in [1.165, 1.54) is 4.90 Å². The highest BCUT2D eigenvalue weighted by Gasteiger charge is 2.34. The van der Waals surface area contributed by atoms with Gasteiger partial charge in [-0.15, -0.1) is 0 Å². The highest BCUT2D eigenvalue weighted by atomic mass is 19.4. The Balaban J connectivity index is 1.98. The molecule has 1 saturated heterocycles. The summed E-state index contributed by atoms with van der Waals surface area (Å²) in [6.07, 6.45) is -1.34. The molecule has 4 nitrogen and oxygen atoms in total. The normalized spacial score (nSPS) is 17.4. The molecule has 0 atom stereocenters. The maximum atomic E-state index is 13.4. The number of hydrogen-bond acceptors (Lipinski definition) is 2. The van der Waals surface area contributed by atoms with Gasteiger partial charge in [0.15, 0.2) is 0 Å². The molecule has 2 N–H and O–H groups in total. The summed E-state index contributed by atoms with van der Waals surface area (Å²) in [5, 5.41) is 12.7. The van der Waals surface area contributed by atoms with Crippen LogP contribution in [0.15, 0.2) is 18.2 Å². The summed E-state index contributed by atoms with van der Waals surface area (Å²) in [6, 6.07) is 1.32. The van der Waals surface area contributed by atoms with Crippen molar-refractivity contribution in [2.45, 2.75) is 50.8 Å². The Morgan fingerprint density at radius 3 is 2.48 bits per heavy atom. The van der Waals surface area contributed by atoms with Crippen LogP contribution in [-0.4, -0.2) is 34.7 Å². The number of halogens is 4. The van der Waals surface area contributed by atoms with Crippen LogP contribution >= 0.6 is 0 Å². The summed E-state index contributed by atoms with van der Waals surface area (Å²) in [7, 11) is 0. The third-order valence-corrected chi connectivity index (χ3v) is 4.45. The average Bonchev–Trinajstić information content (AvgIpc) is 2.52. The van der Waals surface area contributed by atoms with Crippen molar-refractivity contribution in [3.63, 3.8) is 0 Å². The van der Waals surface area contributed by atoms with Gasteiger partial charge in [-0.25, -0.2) is 9.18 Å². The number of amides is 2. The van der Waals surface area contributed by atoms with Crippen LogP contribution in [0.3, 0.4) is 0 Å². The number of carbonyl (C=O) groups excluding carboxylic acids is 1. The SMILES string of the molecule is CCCCC1(O)CCN(C(=O)Nc2cc(F)cc(C(F)(F)F)c2)CC1. The lowest BCUT2D eigenvalue weighted by Gasteiger charge is -2.38. The monoisotopic (exact) mass is 362 g/mol. The number of rotatable bonds is 4. The largest absolute Gasteiger partial charge is 0.416 e. The topological polar surface area (TPSA) is 52.6 Å². The molecule has 0 aromatic heterocycles. The van der Waals surface area contributed by atoms with Crippen LogP contribution in [0.25, 0.3) is 0 Å². The molecule has 1 fully saturated rings. The van der Waals surface area contributed by atoms with Gasteiger partial charge in [-0.3, -0.25) is 0 Å². The van der Waals surface area contributed by atoms with E-state index < -0.39 is 29.2 Å². The quantitative estimate of drug-likeness (QED) is 0.781. The molecule has 1 heterocycles. The lowest BCUT2D eigenvalue weighted by molar-refractivity contribution is -0.137. The average molecular weight is 362 g/mol. The predicted molar refractivity (Wildman–Crippen MR) is 85.7 cm³/mol. The number of hydrogen-bond donors (Lipinski definition) is 2. The molecule has 0 unspecified atom stereocenters. The number of unbranched alkanes of at least 4 members (excludes halogenated alkanes) is 1. The second kappa shape index (κ2) is 7.59. The Morgan fingerprint density at radius 1 is 1.28 bits per heavy atom. The number of nitrogens with zero attached hydrogens (tertiary/aromatic N) is 1. The van der Waals surface area contributed by atoms with E-state index >= 15 is 0 Å². The zero-order valence-corrected chi connectivity index (χ0v) is 14.0. The lowest BCUT2D eigenvalue weighted by Crippen LogP contribution is -2.48. The fourth-order valence-electron chi connectivity index (χ4n) is 2.91. The summed E-state index contributed by atoms with van der Waals surface area (Å²) in [5.41, 5.74) is -2.20. The van der Waals surface area contributed by atoms with Crippen LogP contribution in [0.5, 0.6) is 0 Å². The number of piperidine rings is 1. The van der Waals surface area contributed by atoms with E-state index in [9.17, 15) is 27.5 Å². The summed E-state index contributed by atoms with van der Waals surface area (Å²) < 4.78 is 51.5. The van der Waals surface area contributed by atoms with E-state index in [0.717, 1.165) is 18.9 Å². The number of urea groups is 1. The summed E-state index contributed by atoms with van der Waals surface area (Å²) in [4.78, 5) is 13.6. The first-order valence-electron chi connectivity index (χ1n) is 8.29. The van der Waals surface area contributed by atoms with Crippen molar-refractivity contribution in [1.29, 1.82) is 0 Å². The third-order valence-electron chi connectivity index (χ3n) is 4.45. The minimum atomic E-state index is -4.69. The number of benzene rings is 1. The first kappa shape index (κ1) is 19.5. The number of carbonyl (C=O) groups is 1. The molecular weight excluding hydrogens is 340 g/mol. The standard InChI is InChI=1S/C17H22F4N2O2/c1-2-3-4-16(25)5-7-23(8-6-16)15(24)22-14-10-12(17(19,20)21)9-13(18)11-14/h9-11,25H,2-8H2,1H3,(H,22,24). The first-order chi connectivity index (χ1) is 11.6. The Kier molecular flexibility index (Phi) is 5.92. The Morgan fingerprint density at radius 2 is 1.92 bits per heavy atom. The molecule has 0 spiro atoms. The maximum Gasteiger partial charge on any atom is 0.416 e. The van der Waals surface area contributed by atoms with Gasteiger partial charge < -0.3 is 15.3 Å². The number of aliphatic hydroxyl groups is 1. The summed E-state index contributed by atoms with van der Waals surface area (Å²) in [6.45, 7) is 2.63. The highest BCUT2D eigenvalue weighted by Crippen LogP contribution is 2.32. The van der Waals surface area contributed by atoms with Crippen molar-refractivity contribution in [2.24, 2.45) is 0 Å². The zero-order chi connectivity index (χ0) is 18.7. The second-order valence-corrected chi connectivity index (χ2v) is 6.47. The molecule has 8 heteroatoms. The minimum Gasteiger partial charge on any atom is -0.390 e. The molecule has 0 radical (unpaired) electrons. The van der Waals surface area contributed by atoms with E-state index in [1.54, 1.807) is 0 Å². The third kappa shape index (κ3) is 5.32. The minimum absolute atomic E-state index is 0.246. The van der Waals surface area contributed by atoms with Gasteiger partial charge in [-0.1, -0.05) is 19.8 Å². The number of alkyl halides is 3. The first-order valence-corrected chi connectivity index (χ1v) is 8.29. The molecular formula is C17H22F4N2O2. The van der Waals surface area contributed by atoms with Crippen molar-refractivity contribution in [1.82, 2.24) is 4.90 Å². The zero-order valence-electron chi connectivity index (χ0n) is 14.0. The predicted octanol–water partition coefficient (Wildman–Crippen LogP) is 4.39. The fourth-order valence-corrected chi connectivity index (χ4v) is 2.91. The van der Waals surface area contributed by atoms with Gasteiger partial charge in [0.2, 0.25) is 0 Å². The van der Waals surface area contributed by atoms with Crippen LogP contribution in [0, 0.1) is 5.82 Å². The second-order valence-electron chi connectivity index (χ2n) is 6.47. The molecule has 25 heavy (non-hydrogen) atoms. The molecule has 1 aromatic rings. The van der Waals surface area contributed by atoms with Gasteiger partial charge >= 0.3 is 12.2 Å². The maximum absolute atomic E-state index is 13.4. The number of nitrogens with one attached hydrogen (secondary N) is 1. The molecule has 0 bridgehead atoms. The van der Waals surface area contributed by atoms with Crippen LogP contribution < -0.4 is 5.32 Å². The van der Waals surface area contributed by atoms with Crippen LogP contribution in [-0.2, 0) is 6.18 Å². The fraction of sp³-hybridized carbons (Fsp3) is 0.588. The van der Waals surface area contributed by atoms with Crippen molar-refractivity contribution >= 4 is 11.7 Å². The van der Waals surface area contributed by atoms with Crippen LogP contribution in [0.2, 0.25) is 0 Å². The summed E-state index contributed by atoms with van der Waals surface area (Å²) >= 11 is 0. The van der Waals surface area contributed by atoms with Gasteiger partial charge in [0.25, 0.3) is 0 Å². The van der Waals surface area contributed by atoms with E-state index in [1.807, 2.05) is 6.92 Å². The van der Waals surface area contributed by atoms with Crippen LogP contribution in [0.1, 0.15) is 44.6 Å². The number of likely N-dealkylation sites (tertiary alicyclic amines) is 1. The van der Waals surface area contributed by atoms with E-state index in [2.05, 4.69) is 5.32 Å². The molecule has 0 saturated carbocycles. The van der Waals surface area contributed by atoms with Gasteiger partial charge in [0, 0.05) is 18.8 Å². The van der Waals surface area contributed by atoms with Crippen molar-refractivity contribution < 1.29 is 27.5 Å². The molecule has 1 aliphatic heterocycles. The van der Waals surface area contributed by atoms with Gasteiger partial charge in [-0.05, 0) is 37.5 Å². The molecule has 2 amide bonds. The van der Waals surface area contributed by atoms with Gasteiger partial charge in [-0.2, -0.15) is 13.2 Å². The van der Waals surface area contributed by atoms with E-state index in [4.69, 9.17) is 0 Å². The van der Waals surface area contributed by atoms with Crippen LogP contribution in [0.4, 0.5) is 28.0 Å². The number of anilines is 1. The Labute approximate surface area is 143 Å². The lowest BCUT2D eigenvalue weighted by atomic mass is 9.87. The molecule has 2 rings (SSSR count). The van der Waals surface area contributed by atoms with Crippen molar-refractivity contribution in [3.05, 3.63) is 29.6 Å². The molecule has 1 aromatic carbocycles. The molecule has 1 aliphatic rings. The van der Waals surface area contributed by atoms with Crippen molar-refractivity contribution in [2.75, 3.05) is 18.4 Å². The van der Waals surface area contributed by atoms with Gasteiger partial charge in [0.05, 0.1) is 11.2 Å². The van der Waals surface area contributed by atoms with E-state index in [-0.39, 0.29) is 5.69 Å².